The predicted octanol–water partition coefficient (Wildman–Crippen LogP) is 1.56. The van der Waals surface area contributed by atoms with Crippen molar-refractivity contribution in [2.24, 2.45) is 5.73 Å². The maximum atomic E-state index is 6.48. The molecule has 0 bridgehead atoms. The summed E-state index contributed by atoms with van der Waals surface area (Å²) in [5.41, 5.74) is 7.60. The number of benzene rings is 1. The molecular formula is C15H22N2O2. The van der Waals surface area contributed by atoms with Gasteiger partial charge in [-0.2, -0.15) is 0 Å². The van der Waals surface area contributed by atoms with Gasteiger partial charge in [0.05, 0.1) is 25.3 Å². The van der Waals surface area contributed by atoms with Gasteiger partial charge >= 0.3 is 0 Å². The van der Waals surface area contributed by atoms with Crippen LogP contribution in [0, 0.1) is 0 Å². The lowest BCUT2D eigenvalue weighted by Gasteiger charge is -2.49. The Labute approximate surface area is 114 Å². The number of morpholine rings is 1. The fourth-order valence-electron chi connectivity index (χ4n) is 3.14. The standard InChI is InChI=1S/C15H22N2O2/c1-15(2)10-18-8-7-17(15)12-9-19-13-6-4-3-5-11(13)14(12)16/h3-6,12,14H,7-10,16H2,1-2H3. The average Bonchev–Trinajstić information content (AvgIpc) is 2.40. The molecular weight excluding hydrogens is 240 g/mol. The van der Waals surface area contributed by atoms with E-state index >= 15 is 0 Å². The summed E-state index contributed by atoms with van der Waals surface area (Å²) >= 11 is 0. The average molecular weight is 262 g/mol. The molecule has 1 saturated heterocycles. The molecule has 0 saturated carbocycles. The van der Waals surface area contributed by atoms with Crippen molar-refractivity contribution >= 4 is 0 Å². The molecule has 0 amide bonds. The lowest BCUT2D eigenvalue weighted by atomic mass is 9.91. The van der Waals surface area contributed by atoms with Gasteiger partial charge in [-0.25, -0.2) is 0 Å². The molecule has 2 unspecified atom stereocenters. The van der Waals surface area contributed by atoms with Gasteiger partial charge in [-0.3, -0.25) is 4.90 Å². The van der Waals surface area contributed by atoms with Crippen molar-refractivity contribution in [1.82, 2.24) is 4.90 Å². The molecule has 2 N–H and O–H groups in total. The number of rotatable bonds is 1. The lowest BCUT2D eigenvalue weighted by Crippen LogP contribution is -2.61. The maximum Gasteiger partial charge on any atom is 0.124 e. The first-order valence-corrected chi connectivity index (χ1v) is 6.91. The van der Waals surface area contributed by atoms with Gasteiger partial charge < -0.3 is 15.2 Å². The molecule has 2 aliphatic heterocycles. The van der Waals surface area contributed by atoms with Gasteiger partial charge in [-0.05, 0) is 19.9 Å². The first-order valence-electron chi connectivity index (χ1n) is 6.91. The number of hydrogen-bond donors (Lipinski definition) is 1. The summed E-state index contributed by atoms with van der Waals surface area (Å²) in [7, 11) is 0. The Kier molecular flexibility index (Phi) is 3.25. The molecule has 104 valence electrons. The van der Waals surface area contributed by atoms with E-state index in [2.05, 4.69) is 24.8 Å². The summed E-state index contributed by atoms with van der Waals surface area (Å²) in [5.74, 6) is 0.928. The van der Waals surface area contributed by atoms with Gasteiger partial charge in [0.25, 0.3) is 0 Å². The minimum absolute atomic E-state index is 0.00215. The van der Waals surface area contributed by atoms with Crippen molar-refractivity contribution in [1.29, 1.82) is 0 Å². The van der Waals surface area contributed by atoms with E-state index in [0.29, 0.717) is 6.61 Å². The van der Waals surface area contributed by atoms with Crippen LogP contribution in [0.5, 0.6) is 5.75 Å². The van der Waals surface area contributed by atoms with Gasteiger partial charge in [0.1, 0.15) is 12.4 Å². The maximum absolute atomic E-state index is 6.48. The fourth-order valence-corrected chi connectivity index (χ4v) is 3.14. The minimum Gasteiger partial charge on any atom is -0.492 e. The number of hydrogen-bond acceptors (Lipinski definition) is 4. The Bertz CT molecular complexity index is 461. The Balaban J connectivity index is 1.87. The number of fused-ring (bicyclic) bond motifs is 1. The highest BCUT2D eigenvalue weighted by molar-refractivity contribution is 5.38. The van der Waals surface area contributed by atoms with Crippen LogP contribution in [0.1, 0.15) is 25.5 Å². The van der Waals surface area contributed by atoms with Crippen LogP contribution in [-0.2, 0) is 4.74 Å². The van der Waals surface area contributed by atoms with Gasteiger partial charge in [0.15, 0.2) is 0 Å². The van der Waals surface area contributed by atoms with Crippen molar-refractivity contribution in [3.05, 3.63) is 29.8 Å². The van der Waals surface area contributed by atoms with Gasteiger partial charge in [-0.15, -0.1) is 0 Å². The fraction of sp³-hybridized carbons (Fsp3) is 0.600. The van der Waals surface area contributed by atoms with Crippen LogP contribution in [0.3, 0.4) is 0 Å². The molecule has 2 heterocycles. The topological polar surface area (TPSA) is 47.7 Å². The molecule has 1 aromatic carbocycles. The normalized spacial score (nSPS) is 30.5. The molecule has 1 fully saturated rings. The Hall–Kier alpha value is -1.10. The van der Waals surface area contributed by atoms with Crippen LogP contribution < -0.4 is 10.5 Å². The second-order valence-corrected chi connectivity index (χ2v) is 6.00. The van der Waals surface area contributed by atoms with E-state index in [-0.39, 0.29) is 17.6 Å². The molecule has 3 rings (SSSR count). The van der Waals surface area contributed by atoms with Crippen molar-refractivity contribution in [3.63, 3.8) is 0 Å². The lowest BCUT2D eigenvalue weighted by molar-refractivity contribution is -0.0869. The molecule has 0 aromatic heterocycles. The summed E-state index contributed by atoms with van der Waals surface area (Å²) in [5, 5.41) is 0. The number of nitrogens with two attached hydrogens (primary N) is 1. The minimum atomic E-state index is 0.00215. The van der Waals surface area contributed by atoms with Crippen LogP contribution in [0.4, 0.5) is 0 Å². The second kappa shape index (κ2) is 4.78. The highest BCUT2D eigenvalue weighted by Gasteiger charge is 2.41. The zero-order chi connectivity index (χ0) is 13.5. The van der Waals surface area contributed by atoms with E-state index in [9.17, 15) is 0 Å². The third-order valence-electron chi connectivity index (χ3n) is 4.21. The Morgan fingerprint density at radius 3 is 2.89 bits per heavy atom. The van der Waals surface area contributed by atoms with E-state index in [4.69, 9.17) is 15.2 Å². The van der Waals surface area contributed by atoms with E-state index in [1.54, 1.807) is 0 Å². The van der Waals surface area contributed by atoms with Crippen molar-refractivity contribution < 1.29 is 9.47 Å². The molecule has 2 aliphatic rings. The molecule has 0 spiro atoms. The van der Waals surface area contributed by atoms with Crippen molar-refractivity contribution in [2.45, 2.75) is 31.5 Å². The highest BCUT2D eigenvalue weighted by atomic mass is 16.5. The highest BCUT2D eigenvalue weighted by Crippen LogP contribution is 2.35. The Morgan fingerprint density at radius 2 is 2.11 bits per heavy atom. The molecule has 2 atom stereocenters. The van der Waals surface area contributed by atoms with E-state index in [0.717, 1.165) is 31.1 Å². The first-order chi connectivity index (χ1) is 9.09. The largest absolute Gasteiger partial charge is 0.492 e. The SMILES string of the molecule is CC1(C)COCCN1C1COc2ccccc2C1N. The molecule has 4 heteroatoms. The summed E-state index contributed by atoms with van der Waals surface area (Å²) in [6, 6.07) is 8.30. The van der Waals surface area contributed by atoms with Crippen LogP contribution in [0.2, 0.25) is 0 Å². The summed E-state index contributed by atoms with van der Waals surface area (Å²) < 4.78 is 11.5. The monoisotopic (exact) mass is 262 g/mol. The van der Waals surface area contributed by atoms with Gasteiger partial charge in [0, 0.05) is 17.6 Å². The summed E-state index contributed by atoms with van der Waals surface area (Å²) in [6.07, 6.45) is 0. The van der Waals surface area contributed by atoms with Crippen LogP contribution in [0.15, 0.2) is 24.3 Å². The third kappa shape index (κ3) is 2.24. The molecule has 0 radical (unpaired) electrons. The smallest absolute Gasteiger partial charge is 0.124 e. The van der Waals surface area contributed by atoms with Crippen LogP contribution in [-0.4, -0.2) is 42.8 Å². The molecule has 0 aliphatic carbocycles. The summed E-state index contributed by atoms with van der Waals surface area (Å²) in [4.78, 5) is 2.44. The molecule has 1 aromatic rings. The number of para-hydroxylation sites is 1. The van der Waals surface area contributed by atoms with Gasteiger partial charge in [0.2, 0.25) is 0 Å². The zero-order valence-electron chi connectivity index (χ0n) is 11.6. The van der Waals surface area contributed by atoms with Gasteiger partial charge in [-0.1, -0.05) is 18.2 Å². The van der Waals surface area contributed by atoms with E-state index in [1.165, 1.54) is 0 Å². The summed E-state index contributed by atoms with van der Waals surface area (Å²) in [6.45, 7) is 7.50. The van der Waals surface area contributed by atoms with E-state index < -0.39 is 0 Å². The third-order valence-corrected chi connectivity index (χ3v) is 4.21. The Morgan fingerprint density at radius 1 is 1.32 bits per heavy atom. The quantitative estimate of drug-likeness (QED) is 0.834. The van der Waals surface area contributed by atoms with Crippen molar-refractivity contribution in [3.8, 4) is 5.75 Å². The zero-order valence-corrected chi connectivity index (χ0v) is 11.6. The van der Waals surface area contributed by atoms with Crippen LogP contribution in [0.25, 0.3) is 0 Å². The molecule has 4 nitrogen and oxygen atoms in total. The number of ether oxygens (including phenoxy) is 2. The molecule has 19 heavy (non-hydrogen) atoms. The predicted molar refractivity (Wildman–Crippen MR) is 74.3 cm³/mol. The van der Waals surface area contributed by atoms with Crippen LogP contribution >= 0.6 is 0 Å². The van der Waals surface area contributed by atoms with E-state index in [1.807, 2.05) is 18.2 Å². The first kappa shape index (κ1) is 12.9. The van der Waals surface area contributed by atoms with Crippen molar-refractivity contribution in [2.75, 3.05) is 26.4 Å². The number of nitrogens with zero attached hydrogens (tertiary/aromatic N) is 1. The second-order valence-electron chi connectivity index (χ2n) is 6.00.